The number of amides is 1. The standard InChI is InChI=1S/C13H17NO6S/c1-9-3-2-4-10(6-5-9)12(15)14-11(13(16)17)7-8-21(18,19)20/h3-6,11H,2,7-8H2,1H3,(H,14,15)(H,16,17)(H,18,19,20). The third-order valence-electron chi connectivity index (χ3n) is 2.83. The Morgan fingerprint density at radius 3 is 2.57 bits per heavy atom. The molecule has 0 radical (unpaired) electrons. The van der Waals surface area contributed by atoms with Crippen LogP contribution in [0.1, 0.15) is 19.8 Å². The van der Waals surface area contributed by atoms with Crippen LogP contribution in [0.5, 0.6) is 0 Å². The summed E-state index contributed by atoms with van der Waals surface area (Å²) in [7, 11) is -4.28. The predicted octanol–water partition coefficient (Wildman–Crippen LogP) is 0.666. The van der Waals surface area contributed by atoms with E-state index < -0.39 is 40.2 Å². The number of carbonyl (C=O) groups excluding carboxylic acids is 1. The molecule has 0 aromatic rings. The highest BCUT2D eigenvalue weighted by atomic mass is 32.2. The Balaban J connectivity index is 2.71. The number of carboxylic acid groups (broad SMARTS) is 1. The van der Waals surface area contributed by atoms with Crippen LogP contribution in [0.4, 0.5) is 0 Å². The minimum Gasteiger partial charge on any atom is -0.480 e. The molecule has 0 fully saturated rings. The van der Waals surface area contributed by atoms with Crippen LogP contribution in [0.25, 0.3) is 0 Å². The van der Waals surface area contributed by atoms with Gasteiger partial charge in [0.05, 0.1) is 5.75 Å². The first-order valence-electron chi connectivity index (χ1n) is 6.23. The number of hydrogen-bond donors (Lipinski definition) is 3. The quantitative estimate of drug-likeness (QED) is 0.619. The lowest BCUT2D eigenvalue weighted by Gasteiger charge is -2.14. The summed E-state index contributed by atoms with van der Waals surface area (Å²) >= 11 is 0. The molecule has 1 amide bonds. The van der Waals surface area contributed by atoms with Crippen LogP contribution >= 0.6 is 0 Å². The van der Waals surface area contributed by atoms with Gasteiger partial charge in [0.25, 0.3) is 16.0 Å². The number of aliphatic carboxylic acids is 1. The molecule has 1 aliphatic carbocycles. The molecular weight excluding hydrogens is 298 g/mol. The maximum absolute atomic E-state index is 12.0. The van der Waals surface area contributed by atoms with E-state index in [9.17, 15) is 18.0 Å². The summed E-state index contributed by atoms with van der Waals surface area (Å²) in [6, 6.07) is -1.38. The first-order chi connectivity index (χ1) is 9.69. The van der Waals surface area contributed by atoms with E-state index in [0.29, 0.717) is 12.0 Å². The van der Waals surface area contributed by atoms with Gasteiger partial charge in [-0.3, -0.25) is 9.35 Å². The molecule has 0 heterocycles. The van der Waals surface area contributed by atoms with Gasteiger partial charge in [-0.05, 0) is 25.8 Å². The molecule has 0 aliphatic heterocycles. The Labute approximate surface area is 122 Å². The summed E-state index contributed by atoms with van der Waals surface area (Å²) in [6.07, 6.45) is 6.98. The van der Waals surface area contributed by atoms with Gasteiger partial charge in [0.2, 0.25) is 0 Å². The zero-order valence-electron chi connectivity index (χ0n) is 11.4. The summed E-state index contributed by atoms with van der Waals surface area (Å²) in [6.45, 7) is 1.87. The van der Waals surface area contributed by atoms with Crippen LogP contribution in [-0.2, 0) is 19.7 Å². The minimum absolute atomic E-state index is 0.307. The molecule has 0 saturated heterocycles. The van der Waals surface area contributed by atoms with Gasteiger partial charge < -0.3 is 10.4 Å². The van der Waals surface area contributed by atoms with E-state index in [1.54, 1.807) is 18.2 Å². The first-order valence-corrected chi connectivity index (χ1v) is 7.84. The molecule has 116 valence electrons. The largest absolute Gasteiger partial charge is 0.480 e. The molecule has 0 bridgehead atoms. The van der Waals surface area contributed by atoms with Crippen molar-refractivity contribution < 1.29 is 27.7 Å². The molecular formula is C13H17NO6S. The van der Waals surface area contributed by atoms with Gasteiger partial charge in [-0.15, -0.1) is 0 Å². The van der Waals surface area contributed by atoms with Gasteiger partial charge in [0, 0.05) is 5.57 Å². The molecule has 0 aromatic heterocycles. The van der Waals surface area contributed by atoms with Crippen LogP contribution in [0.15, 0.2) is 35.5 Å². The van der Waals surface area contributed by atoms with Gasteiger partial charge in [0.1, 0.15) is 6.04 Å². The highest BCUT2D eigenvalue weighted by Crippen LogP contribution is 2.10. The van der Waals surface area contributed by atoms with Crippen molar-refractivity contribution in [3.63, 3.8) is 0 Å². The van der Waals surface area contributed by atoms with Gasteiger partial charge in [-0.2, -0.15) is 8.42 Å². The molecule has 8 heteroatoms. The maximum Gasteiger partial charge on any atom is 0.326 e. The van der Waals surface area contributed by atoms with Crippen molar-refractivity contribution in [2.45, 2.75) is 25.8 Å². The van der Waals surface area contributed by atoms with Crippen LogP contribution in [0, 0.1) is 0 Å². The number of allylic oxidation sites excluding steroid dienone is 4. The Bertz CT molecular complexity index is 615. The van der Waals surface area contributed by atoms with E-state index in [0.717, 1.165) is 5.57 Å². The van der Waals surface area contributed by atoms with Crippen LogP contribution in [-0.4, -0.2) is 41.7 Å². The third-order valence-corrected chi connectivity index (χ3v) is 3.59. The fourth-order valence-corrected chi connectivity index (χ4v) is 2.20. The number of rotatable bonds is 6. The van der Waals surface area contributed by atoms with Crippen molar-refractivity contribution in [2.75, 3.05) is 5.75 Å². The van der Waals surface area contributed by atoms with Crippen LogP contribution < -0.4 is 5.32 Å². The monoisotopic (exact) mass is 315 g/mol. The molecule has 1 unspecified atom stereocenters. The van der Waals surface area contributed by atoms with Crippen molar-refractivity contribution in [2.24, 2.45) is 0 Å². The normalized spacial score (nSPS) is 16.5. The summed E-state index contributed by atoms with van der Waals surface area (Å²) in [5.74, 6) is -2.70. The zero-order chi connectivity index (χ0) is 16.0. The van der Waals surface area contributed by atoms with Gasteiger partial charge in [-0.25, -0.2) is 4.79 Å². The number of nitrogens with one attached hydrogen (secondary N) is 1. The van der Waals surface area contributed by atoms with Gasteiger partial charge >= 0.3 is 5.97 Å². The third kappa shape index (κ3) is 6.37. The van der Waals surface area contributed by atoms with E-state index in [1.807, 2.05) is 13.0 Å². The molecule has 1 atom stereocenters. The van der Waals surface area contributed by atoms with Gasteiger partial charge in [0.15, 0.2) is 0 Å². The first kappa shape index (κ1) is 17.1. The van der Waals surface area contributed by atoms with Gasteiger partial charge in [-0.1, -0.05) is 23.8 Å². The number of hydrogen-bond acceptors (Lipinski definition) is 4. The Kier molecular flexibility index (Phi) is 5.86. The Morgan fingerprint density at radius 2 is 2.00 bits per heavy atom. The zero-order valence-corrected chi connectivity index (χ0v) is 12.3. The second-order valence-electron chi connectivity index (χ2n) is 4.62. The molecule has 1 aliphatic rings. The second kappa shape index (κ2) is 7.19. The summed E-state index contributed by atoms with van der Waals surface area (Å²) in [5.41, 5.74) is 1.29. The Morgan fingerprint density at radius 1 is 1.33 bits per heavy atom. The lowest BCUT2D eigenvalue weighted by molar-refractivity contribution is -0.141. The molecule has 0 saturated carbocycles. The molecule has 0 aromatic carbocycles. The fraction of sp³-hybridized carbons (Fsp3) is 0.385. The van der Waals surface area contributed by atoms with E-state index in [-0.39, 0.29) is 0 Å². The van der Waals surface area contributed by atoms with Crippen LogP contribution in [0.3, 0.4) is 0 Å². The SMILES string of the molecule is CC1=CCC=C(C(=O)NC(CCS(=O)(=O)O)C(=O)O)C=C1. The van der Waals surface area contributed by atoms with Crippen molar-refractivity contribution in [3.05, 3.63) is 35.5 Å². The van der Waals surface area contributed by atoms with E-state index in [1.165, 1.54) is 0 Å². The van der Waals surface area contributed by atoms with Crippen molar-refractivity contribution in [1.82, 2.24) is 5.32 Å². The fourth-order valence-electron chi connectivity index (χ4n) is 1.66. The maximum atomic E-state index is 12.0. The summed E-state index contributed by atoms with van der Waals surface area (Å²) in [5, 5.41) is 11.2. The lowest BCUT2D eigenvalue weighted by atomic mass is 10.1. The lowest BCUT2D eigenvalue weighted by Crippen LogP contribution is -2.42. The highest BCUT2D eigenvalue weighted by molar-refractivity contribution is 7.85. The highest BCUT2D eigenvalue weighted by Gasteiger charge is 2.23. The number of carboxylic acids is 1. The predicted molar refractivity (Wildman–Crippen MR) is 76.2 cm³/mol. The average Bonchev–Trinajstić information content (AvgIpc) is 2.57. The van der Waals surface area contributed by atoms with E-state index >= 15 is 0 Å². The molecule has 0 spiro atoms. The van der Waals surface area contributed by atoms with Crippen molar-refractivity contribution >= 4 is 22.0 Å². The molecule has 21 heavy (non-hydrogen) atoms. The summed E-state index contributed by atoms with van der Waals surface area (Å²) < 4.78 is 29.9. The number of carbonyl (C=O) groups is 2. The van der Waals surface area contributed by atoms with Crippen molar-refractivity contribution in [3.8, 4) is 0 Å². The molecule has 7 nitrogen and oxygen atoms in total. The van der Waals surface area contributed by atoms with Crippen molar-refractivity contribution in [1.29, 1.82) is 0 Å². The summed E-state index contributed by atoms with van der Waals surface area (Å²) in [4.78, 5) is 23.0. The molecule has 1 rings (SSSR count). The smallest absolute Gasteiger partial charge is 0.326 e. The molecule has 3 N–H and O–H groups in total. The average molecular weight is 315 g/mol. The Hall–Kier alpha value is -1.93. The second-order valence-corrected chi connectivity index (χ2v) is 6.19. The van der Waals surface area contributed by atoms with Crippen LogP contribution in [0.2, 0.25) is 0 Å². The van der Waals surface area contributed by atoms with E-state index in [2.05, 4.69) is 5.32 Å². The topological polar surface area (TPSA) is 121 Å². The van der Waals surface area contributed by atoms with E-state index in [4.69, 9.17) is 9.66 Å². The minimum atomic E-state index is -4.28.